The van der Waals surface area contributed by atoms with Gasteiger partial charge in [-0.15, -0.1) is 0 Å². The molecule has 0 aliphatic rings. The highest BCUT2D eigenvalue weighted by Crippen LogP contribution is 2.26. The first kappa shape index (κ1) is 26.2. The second-order valence-electron chi connectivity index (χ2n) is 8.10. The number of benzene rings is 1. The minimum absolute atomic E-state index is 0.635. The predicted octanol–water partition coefficient (Wildman–Crippen LogP) is 5.61. The van der Waals surface area contributed by atoms with Crippen molar-refractivity contribution in [3.05, 3.63) is 24.3 Å². The molecule has 0 fully saturated rings. The van der Waals surface area contributed by atoms with Crippen molar-refractivity contribution >= 4 is 28.4 Å². The van der Waals surface area contributed by atoms with Crippen LogP contribution in [0.4, 0.5) is 11.4 Å². The lowest BCUT2D eigenvalue weighted by molar-refractivity contribution is 0.0709. The van der Waals surface area contributed by atoms with Crippen LogP contribution in [0.5, 0.6) is 0 Å². The highest BCUT2D eigenvalue weighted by molar-refractivity contribution is 6.79. The summed E-state index contributed by atoms with van der Waals surface area (Å²) in [5.74, 6) is 0. The predicted molar refractivity (Wildman–Crippen MR) is 131 cm³/mol. The van der Waals surface area contributed by atoms with Crippen molar-refractivity contribution in [3.63, 3.8) is 0 Å². The van der Waals surface area contributed by atoms with Crippen molar-refractivity contribution in [2.75, 3.05) is 48.9 Å². The molecule has 29 heavy (non-hydrogen) atoms. The molecule has 0 saturated heterocycles. The first-order chi connectivity index (χ1) is 13.8. The highest BCUT2D eigenvalue weighted by Gasteiger charge is 2.39. The van der Waals surface area contributed by atoms with Crippen LogP contribution in [-0.2, 0) is 13.3 Å². The maximum Gasteiger partial charge on any atom is 0.500 e. The zero-order valence-corrected chi connectivity index (χ0v) is 22.1. The van der Waals surface area contributed by atoms with E-state index in [1.807, 2.05) is 20.8 Å². The Balaban J connectivity index is 2.80. The van der Waals surface area contributed by atoms with E-state index in [1.165, 1.54) is 11.4 Å². The third-order valence-electron chi connectivity index (χ3n) is 5.04. The minimum Gasteiger partial charge on any atom is -0.398 e. The Morgan fingerprint density at radius 1 is 0.724 bits per heavy atom. The third kappa shape index (κ3) is 8.05. The van der Waals surface area contributed by atoms with Gasteiger partial charge in [-0.3, -0.25) is 0 Å². The summed E-state index contributed by atoms with van der Waals surface area (Å²) in [6.45, 7) is 22.6. The molecule has 0 atom stereocenters. The molecule has 0 amide bonds. The first-order valence-corrected chi connectivity index (χ1v) is 16.7. The van der Waals surface area contributed by atoms with Crippen LogP contribution in [0.25, 0.3) is 0 Å². The zero-order valence-electron chi connectivity index (χ0n) is 20.1. The summed E-state index contributed by atoms with van der Waals surface area (Å²) >= 11 is 0. The highest BCUT2D eigenvalue weighted by atomic mass is 28.4. The van der Waals surface area contributed by atoms with Gasteiger partial charge in [0.1, 0.15) is 8.24 Å². The van der Waals surface area contributed by atoms with Crippen LogP contribution in [-0.4, -0.2) is 56.5 Å². The van der Waals surface area contributed by atoms with Crippen molar-refractivity contribution in [2.45, 2.75) is 66.7 Å². The summed E-state index contributed by atoms with van der Waals surface area (Å²) in [6, 6.07) is 9.94. The summed E-state index contributed by atoms with van der Waals surface area (Å²) in [5, 5.41) is 0. The molecule has 1 rings (SSSR count). The Kier molecular flexibility index (Phi) is 11.5. The molecule has 0 N–H and O–H groups in total. The molecular formula is C22H44N2O3Si2. The lowest BCUT2D eigenvalue weighted by Gasteiger charge is -2.36. The van der Waals surface area contributed by atoms with Crippen molar-refractivity contribution in [1.29, 1.82) is 0 Å². The molecule has 5 nitrogen and oxygen atoms in total. The maximum absolute atomic E-state index is 5.99. The molecule has 0 aliphatic heterocycles. The van der Waals surface area contributed by atoms with Crippen molar-refractivity contribution in [1.82, 2.24) is 0 Å². The topological polar surface area (TPSA) is 34.2 Å². The lowest BCUT2D eigenvalue weighted by Crippen LogP contribution is -2.46. The number of nitrogens with zero attached hydrogens (tertiary/aromatic N) is 2. The lowest BCUT2D eigenvalue weighted by atomic mass is 10.2. The van der Waals surface area contributed by atoms with Gasteiger partial charge in [-0.05, 0) is 65.3 Å². The normalized spacial score (nSPS) is 12.3. The van der Waals surface area contributed by atoms with E-state index in [-0.39, 0.29) is 0 Å². The Hall–Kier alpha value is -0.866. The quantitative estimate of drug-likeness (QED) is 0.331. The number of hydrogen-bond acceptors (Lipinski definition) is 5. The SMILES string of the molecule is CCO[Si](CCCN(CC)c1ccc(N(CC)[Si](C)(C)C)cc1)(OCC)OCC. The van der Waals surface area contributed by atoms with Crippen LogP contribution < -0.4 is 9.47 Å². The van der Waals surface area contributed by atoms with E-state index in [0.29, 0.717) is 19.8 Å². The molecule has 0 saturated carbocycles. The van der Waals surface area contributed by atoms with E-state index < -0.39 is 17.0 Å². The molecule has 168 valence electrons. The molecule has 1 aromatic rings. The average molecular weight is 441 g/mol. The fourth-order valence-corrected chi connectivity index (χ4v) is 8.31. The molecule has 7 heteroatoms. The van der Waals surface area contributed by atoms with Crippen LogP contribution >= 0.6 is 0 Å². The van der Waals surface area contributed by atoms with E-state index >= 15 is 0 Å². The van der Waals surface area contributed by atoms with E-state index in [9.17, 15) is 0 Å². The summed E-state index contributed by atoms with van der Waals surface area (Å²) < 4.78 is 20.5. The van der Waals surface area contributed by atoms with Gasteiger partial charge in [0.25, 0.3) is 0 Å². The van der Waals surface area contributed by atoms with E-state index in [0.717, 1.165) is 32.1 Å². The Morgan fingerprint density at radius 2 is 1.21 bits per heavy atom. The molecule has 1 aromatic carbocycles. The summed E-state index contributed by atoms with van der Waals surface area (Å²) in [4.78, 5) is 2.43. The van der Waals surface area contributed by atoms with Crippen LogP contribution in [0.3, 0.4) is 0 Å². The number of anilines is 2. The van der Waals surface area contributed by atoms with Gasteiger partial charge in [-0.2, -0.15) is 0 Å². The van der Waals surface area contributed by atoms with E-state index in [1.54, 1.807) is 0 Å². The molecule has 0 radical (unpaired) electrons. The monoisotopic (exact) mass is 440 g/mol. The maximum atomic E-state index is 5.99. The molecular weight excluding hydrogens is 396 g/mol. The fourth-order valence-electron chi connectivity index (χ4n) is 3.85. The summed E-state index contributed by atoms with van der Waals surface area (Å²) in [6.07, 6.45) is 0.998. The van der Waals surface area contributed by atoms with Crippen LogP contribution in [0, 0.1) is 0 Å². The Bertz CT molecular complexity index is 547. The van der Waals surface area contributed by atoms with Crippen LogP contribution in [0.15, 0.2) is 24.3 Å². The Morgan fingerprint density at radius 3 is 1.59 bits per heavy atom. The molecule has 0 bridgehead atoms. The van der Waals surface area contributed by atoms with Gasteiger partial charge in [0.2, 0.25) is 0 Å². The van der Waals surface area contributed by atoms with E-state index in [2.05, 4.69) is 67.2 Å². The van der Waals surface area contributed by atoms with E-state index in [4.69, 9.17) is 13.3 Å². The van der Waals surface area contributed by atoms with Gasteiger partial charge in [-0.25, -0.2) is 0 Å². The second kappa shape index (κ2) is 12.7. The number of hydrogen-bond donors (Lipinski definition) is 0. The van der Waals surface area contributed by atoms with Gasteiger partial charge < -0.3 is 22.7 Å². The Labute approximate surface area is 181 Å². The molecule has 0 aromatic heterocycles. The molecule has 0 unspecified atom stereocenters. The van der Waals surface area contributed by atoms with Crippen molar-refractivity contribution in [2.24, 2.45) is 0 Å². The largest absolute Gasteiger partial charge is 0.500 e. The smallest absolute Gasteiger partial charge is 0.398 e. The number of rotatable bonds is 15. The molecule has 0 spiro atoms. The van der Waals surface area contributed by atoms with Crippen molar-refractivity contribution < 1.29 is 13.3 Å². The van der Waals surface area contributed by atoms with Gasteiger partial charge in [-0.1, -0.05) is 19.6 Å². The van der Waals surface area contributed by atoms with Crippen LogP contribution in [0.1, 0.15) is 41.0 Å². The minimum atomic E-state index is -2.55. The standard InChI is InChI=1S/C22H44N2O3Si2/c1-9-23(19-14-20-29(25-11-3,26-12-4)27-13-5)21-15-17-22(18-16-21)24(10-2)28(6,7)8/h15-18H,9-14,19-20H2,1-8H3. The summed E-state index contributed by atoms with van der Waals surface area (Å²) in [7, 11) is -3.92. The third-order valence-corrected chi connectivity index (χ3v) is 10.4. The van der Waals surface area contributed by atoms with Gasteiger partial charge in [0.15, 0.2) is 0 Å². The van der Waals surface area contributed by atoms with Gasteiger partial charge in [0, 0.05) is 56.9 Å². The summed E-state index contributed by atoms with van der Waals surface area (Å²) in [5.41, 5.74) is 2.61. The van der Waals surface area contributed by atoms with Gasteiger partial charge >= 0.3 is 8.80 Å². The fraction of sp³-hybridized carbons (Fsp3) is 0.727. The first-order valence-electron chi connectivity index (χ1n) is 11.3. The second-order valence-corrected chi connectivity index (χ2v) is 15.7. The molecule has 0 heterocycles. The zero-order chi connectivity index (χ0) is 21.9. The van der Waals surface area contributed by atoms with Crippen molar-refractivity contribution in [3.8, 4) is 0 Å². The van der Waals surface area contributed by atoms with Crippen LogP contribution in [0.2, 0.25) is 25.7 Å². The average Bonchev–Trinajstić information content (AvgIpc) is 2.66. The molecule has 0 aliphatic carbocycles. The van der Waals surface area contributed by atoms with Gasteiger partial charge in [0.05, 0.1) is 0 Å².